The van der Waals surface area contributed by atoms with Crippen molar-refractivity contribution in [3.63, 3.8) is 0 Å². The molecule has 1 fully saturated rings. The molecule has 4 rings (SSSR count). The van der Waals surface area contributed by atoms with Gasteiger partial charge in [0.15, 0.2) is 11.6 Å². The molecule has 0 amide bonds. The fourth-order valence-electron chi connectivity index (χ4n) is 4.37. The van der Waals surface area contributed by atoms with Gasteiger partial charge in [-0.3, -0.25) is 9.59 Å². The van der Waals surface area contributed by atoms with Crippen molar-refractivity contribution >= 4 is 23.5 Å². The monoisotopic (exact) mass is 326 g/mol. The predicted molar refractivity (Wildman–Crippen MR) is 80.1 cm³/mol. The van der Waals surface area contributed by atoms with Crippen molar-refractivity contribution < 1.29 is 28.7 Å². The van der Waals surface area contributed by atoms with Gasteiger partial charge in [-0.15, -0.1) is 0 Å². The number of methoxy groups -OCH3 is 2. The fourth-order valence-corrected chi connectivity index (χ4v) is 4.37. The van der Waals surface area contributed by atoms with Gasteiger partial charge in [0.1, 0.15) is 0 Å². The van der Waals surface area contributed by atoms with E-state index in [2.05, 4.69) is 0 Å². The SMILES string of the molecule is COC(=O)C1=C(C(=O)OC)[C@H]2[C@H]3C(=O)c4ccccc4C(=O)[C@H]3[C@@H]12. The summed E-state index contributed by atoms with van der Waals surface area (Å²) in [5.74, 6) is -3.67. The van der Waals surface area contributed by atoms with Gasteiger partial charge >= 0.3 is 11.9 Å². The molecule has 0 aromatic heterocycles. The Bertz CT molecular complexity index is 780. The summed E-state index contributed by atoms with van der Waals surface area (Å²) in [6.07, 6.45) is 0. The zero-order valence-corrected chi connectivity index (χ0v) is 13.1. The van der Waals surface area contributed by atoms with Crippen LogP contribution in [0.5, 0.6) is 0 Å². The van der Waals surface area contributed by atoms with Gasteiger partial charge in [0.2, 0.25) is 0 Å². The lowest BCUT2D eigenvalue weighted by Crippen LogP contribution is -2.64. The van der Waals surface area contributed by atoms with Gasteiger partial charge in [-0.25, -0.2) is 9.59 Å². The van der Waals surface area contributed by atoms with E-state index in [0.29, 0.717) is 11.1 Å². The summed E-state index contributed by atoms with van der Waals surface area (Å²) in [5.41, 5.74) is 1.13. The lowest BCUT2D eigenvalue weighted by molar-refractivity contribution is -0.146. The molecular formula is C18H14O6. The first-order valence-electron chi connectivity index (χ1n) is 7.61. The molecule has 1 aromatic rings. The fraction of sp³-hybridized carbons (Fsp3) is 0.333. The van der Waals surface area contributed by atoms with Crippen LogP contribution in [0.3, 0.4) is 0 Å². The zero-order valence-electron chi connectivity index (χ0n) is 13.1. The molecule has 122 valence electrons. The smallest absolute Gasteiger partial charge is 0.334 e. The van der Waals surface area contributed by atoms with E-state index in [1.54, 1.807) is 24.3 Å². The van der Waals surface area contributed by atoms with Crippen molar-refractivity contribution in [2.45, 2.75) is 0 Å². The highest BCUT2D eigenvalue weighted by Crippen LogP contribution is 2.64. The quantitative estimate of drug-likeness (QED) is 0.759. The summed E-state index contributed by atoms with van der Waals surface area (Å²) in [6, 6.07) is 6.66. The van der Waals surface area contributed by atoms with Crippen LogP contribution in [0.15, 0.2) is 35.4 Å². The van der Waals surface area contributed by atoms with Gasteiger partial charge < -0.3 is 9.47 Å². The molecule has 1 aromatic carbocycles. The average Bonchev–Trinajstić information content (AvgIpc) is 2.59. The molecule has 3 aliphatic carbocycles. The molecule has 0 unspecified atom stereocenters. The van der Waals surface area contributed by atoms with Crippen molar-refractivity contribution in [3.8, 4) is 0 Å². The van der Waals surface area contributed by atoms with Gasteiger partial charge in [0.05, 0.1) is 25.4 Å². The molecule has 24 heavy (non-hydrogen) atoms. The minimum Gasteiger partial charge on any atom is -0.466 e. The highest BCUT2D eigenvalue weighted by atomic mass is 16.5. The van der Waals surface area contributed by atoms with Gasteiger partial charge in [-0.05, 0) is 0 Å². The Balaban J connectivity index is 1.82. The van der Waals surface area contributed by atoms with E-state index in [-0.39, 0.29) is 22.7 Å². The van der Waals surface area contributed by atoms with Crippen LogP contribution in [-0.4, -0.2) is 37.7 Å². The Morgan fingerprint density at radius 3 is 1.46 bits per heavy atom. The molecule has 1 saturated carbocycles. The van der Waals surface area contributed by atoms with E-state index in [1.807, 2.05) is 0 Å². The Morgan fingerprint density at radius 1 is 0.750 bits per heavy atom. The van der Waals surface area contributed by atoms with Gasteiger partial charge in [0, 0.05) is 34.8 Å². The standard InChI is InChI=1S/C18H14O6/c1-23-17(21)13-9-10(14(13)18(22)24-2)12-11(9)15(19)7-5-3-4-6-8(7)16(12)20/h3-6,9-12H,1-2H3/t9-,10+,11-,12+. The molecule has 6 nitrogen and oxygen atoms in total. The minimum atomic E-state index is -0.644. The number of esters is 2. The molecule has 0 radical (unpaired) electrons. The summed E-state index contributed by atoms with van der Waals surface area (Å²) in [4.78, 5) is 49.6. The summed E-state index contributed by atoms with van der Waals surface area (Å²) in [6.45, 7) is 0. The number of ether oxygens (including phenoxy) is 2. The lowest BCUT2D eigenvalue weighted by atomic mass is 9.40. The summed E-state index contributed by atoms with van der Waals surface area (Å²) >= 11 is 0. The van der Waals surface area contributed by atoms with Crippen LogP contribution >= 0.6 is 0 Å². The maximum atomic E-state index is 12.8. The lowest BCUT2D eigenvalue weighted by Gasteiger charge is -2.59. The first kappa shape index (κ1) is 14.8. The summed E-state index contributed by atoms with van der Waals surface area (Å²) in [5, 5.41) is 0. The van der Waals surface area contributed by atoms with Crippen LogP contribution in [0.25, 0.3) is 0 Å². The predicted octanol–water partition coefficient (Wildman–Crippen LogP) is 1.20. The van der Waals surface area contributed by atoms with E-state index in [1.165, 1.54) is 14.2 Å². The minimum absolute atomic E-state index is 0.151. The second-order valence-corrected chi connectivity index (χ2v) is 6.19. The van der Waals surface area contributed by atoms with Crippen LogP contribution in [0.4, 0.5) is 0 Å². The van der Waals surface area contributed by atoms with Crippen LogP contribution in [0.1, 0.15) is 20.7 Å². The third-order valence-electron chi connectivity index (χ3n) is 5.38. The second kappa shape index (κ2) is 4.87. The summed E-state index contributed by atoms with van der Waals surface area (Å²) in [7, 11) is 2.44. The molecule has 0 bridgehead atoms. The highest BCUT2D eigenvalue weighted by molar-refractivity contribution is 6.20. The van der Waals surface area contributed by atoms with Crippen LogP contribution in [0, 0.1) is 23.7 Å². The normalized spacial score (nSPS) is 29.6. The van der Waals surface area contributed by atoms with Crippen LogP contribution in [-0.2, 0) is 19.1 Å². The Hall–Kier alpha value is -2.76. The molecule has 0 N–H and O–H groups in total. The number of rotatable bonds is 2. The van der Waals surface area contributed by atoms with Crippen LogP contribution in [0.2, 0.25) is 0 Å². The number of Topliss-reactive ketones (excluding diaryl/α,β-unsaturated/α-hetero) is 2. The number of carbonyl (C=O) groups is 4. The highest BCUT2D eigenvalue weighted by Gasteiger charge is 2.69. The van der Waals surface area contributed by atoms with Crippen LogP contribution < -0.4 is 0 Å². The largest absolute Gasteiger partial charge is 0.466 e. The van der Waals surface area contributed by atoms with Gasteiger partial charge in [-0.1, -0.05) is 24.3 Å². The molecule has 6 heteroatoms. The van der Waals surface area contributed by atoms with Crippen molar-refractivity contribution in [2.75, 3.05) is 14.2 Å². The molecule has 0 aliphatic heterocycles. The van der Waals surface area contributed by atoms with E-state index in [4.69, 9.17) is 9.47 Å². The number of benzene rings is 1. The van der Waals surface area contributed by atoms with E-state index < -0.39 is 35.6 Å². The zero-order chi connectivity index (χ0) is 17.2. The van der Waals surface area contributed by atoms with E-state index in [9.17, 15) is 19.2 Å². The Kier molecular flexibility index (Phi) is 3.00. The van der Waals surface area contributed by atoms with Crippen molar-refractivity contribution in [3.05, 3.63) is 46.5 Å². The maximum Gasteiger partial charge on any atom is 0.334 e. The Labute approximate surface area is 137 Å². The second-order valence-electron chi connectivity index (χ2n) is 6.19. The molecule has 4 atom stereocenters. The Morgan fingerprint density at radius 2 is 1.12 bits per heavy atom. The molecule has 0 saturated heterocycles. The molecule has 0 heterocycles. The molecule has 0 spiro atoms. The number of hydrogen-bond donors (Lipinski definition) is 0. The third kappa shape index (κ3) is 1.55. The third-order valence-corrected chi connectivity index (χ3v) is 5.38. The van der Waals surface area contributed by atoms with E-state index in [0.717, 1.165) is 0 Å². The average molecular weight is 326 g/mol. The number of fused-ring (bicyclic) bond motifs is 5. The van der Waals surface area contributed by atoms with Gasteiger partial charge in [0.25, 0.3) is 0 Å². The maximum absolute atomic E-state index is 12.8. The van der Waals surface area contributed by atoms with Crippen molar-refractivity contribution in [1.82, 2.24) is 0 Å². The number of carbonyl (C=O) groups excluding carboxylic acids is 4. The first-order chi connectivity index (χ1) is 11.5. The van der Waals surface area contributed by atoms with Crippen molar-refractivity contribution in [2.24, 2.45) is 23.7 Å². The number of hydrogen-bond acceptors (Lipinski definition) is 6. The molecule has 3 aliphatic rings. The van der Waals surface area contributed by atoms with Gasteiger partial charge in [-0.2, -0.15) is 0 Å². The first-order valence-corrected chi connectivity index (χ1v) is 7.61. The number of ketones is 2. The topological polar surface area (TPSA) is 86.7 Å². The van der Waals surface area contributed by atoms with Crippen molar-refractivity contribution in [1.29, 1.82) is 0 Å². The molecular weight excluding hydrogens is 312 g/mol. The summed E-state index contributed by atoms with van der Waals surface area (Å²) < 4.78 is 9.48. The van der Waals surface area contributed by atoms with E-state index >= 15 is 0 Å².